The van der Waals surface area contributed by atoms with Gasteiger partial charge < -0.3 is 14.4 Å². The van der Waals surface area contributed by atoms with E-state index in [0.717, 1.165) is 51.5 Å². The van der Waals surface area contributed by atoms with Crippen molar-refractivity contribution in [2.45, 2.75) is 19.8 Å². The number of benzene rings is 1. The number of quaternary nitrogens is 1. The Kier molecular flexibility index (Phi) is 5.49. The lowest BCUT2D eigenvalue weighted by molar-refractivity contribution is -0.908. The van der Waals surface area contributed by atoms with Gasteiger partial charge in [0.25, 0.3) is 0 Å². The standard InChI is InChI=1S/C15H23NO2/c1-2-14-6-3-4-7-15(14)18-11-5-8-16-9-12-17-13-10-16/h3-4,6-7H,2,5,8-13H2,1H3/p+1. The van der Waals surface area contributed by atoms with Crippen molar-refractivity contribution in [3.63, 3.8) is 0 Å². The summed E-state index contributed by atoms with van der Waals surface area (Å²) in [6, 6.07) is 8.33. The summed E-state index contributed by atoms with van der Waals surface area (Å²) in [6.45, 7) is 8.29. The molecule has 0 spiro atoms. The molecule has 1 saturated heterocycles. The first-order chi connectivity index (χ1) is 8.90. The average molecular weight is 250 g/mol. The maximum Gasteiger partial charge on any atom is 0.122 e. The van der Waals surface area contributed by atoms with E-state index >= 15 is 0 Å². The van der Waals surface area contributed by atoms with Crippen LogP contribution in [0.1, 0.15) is 18.9 Å². The Balaban J connectivity index is 1.68. The Bertz CT molecular complexity index is 348. The number of para-hydroxylation sites is 1. The Morgan fingerprint density at radius 3 is 2.78 bits per heavy atom. The van der Waals surface area contributed by atoms with Gasteiger partial charge >= 0.3 is 0 Å². The monoisotopic (exact) mass is 250 g/mol. The Morgan fingerprint density at radius 2 is 2.00 bits per heavy atom. The van der Waals surface area contributed by atoms with E-state index in [4.69, 9.17) is 9.47 Å². The van der Waals surface area contributed by atoms with Gasteiger partial charge in [-0.3, -0.25) is 0 Å². The van der Waals surface area contributed by atoms with Crippen LogP contribution in [0, 0.1) is 0 Å². The molecule has 1 aliphatic heterocycles. The Hall–Kier alpha value is -1.06. The first-order valence-electron chi connectivity index (χ1n) is 7.02. The summed E-state index contributed by atoms with van der Waals surface area (Å²) < 4.78 is 11.2. The molecule has 3 heteroatoms. The molecule has 1 aromatic carbocycles. The molecule has 0 radical (unpaired) electrons. The highest BCUT2D eigenvalue weighted by Gasteiger charge is 2.12. The van der Waals surface area contributed by atoms with Gasteiger partial charge in [0.15, 0.2) is 0 Å². The molecule has 1 N–H and O–H groups in total. The third kappa shape index (κ3) is 4.00. The highest BCUT2D eigenvalue weighted by molar-refractivity contribution is 5.33. The number of hydrogen-bond acceptors (Lipinski definition) is 2. The van der Waals surface area contributed by atoms with E-state index in [1.807, 2.05) is 6.07 Å². The molecule has 3 nitrogen and oxygen atoms in total. The lowest BCUT2D eigenvalue weighted by Crippen LogP contribution is -3.14. The fraction of sp³-hybridized carbons (Fsp3) is 0.600. The summed E-state index contributed by atoms with van der Waals surface area (Å²) in [5, 5.41) is 0. The fourth-order valence-corrected chi connectivity index (χ4v) is 2.35. The highest BCUT2D eigenvalue weighted by atomic mass is 16.5. The average Bonchev–Trinajstić information content (AvgIpc) is 2.45. The molecule has 0 amide bonds. The molecule has 0 aromatic heterocycles. The molecule has 1 fully saturated rings. The van der Waals surface area contributed by atoms with Gasteiger partial charge in [-0.1, -0.05) is 25.1 Å². The van der Waals surface area contributed by atoms with E-state index < -0.39 is 0 Å². The number of nitrogens with one attached hydrogen (secondary N) is 1. The Morgan fingerprint density at radius 1 is 1.22 bits per heavy atom. The zero-order valence-corrected chi connectivity index (χ0v) is 11.3. The maximum atomic E-state index is 5.87. The summed E-state index contributed by atoms with van der Waals surface area (Å²) in [5.41, 5.74) is 1.30. The van der Waals surface area contributed by atoms with Crippen molar-refractivity contribution >= 4 is 0 Å². The van der Waals surface area contributed by atoms with Crippen molar-refractivity contribution in [3.8, 4) is 5.75 Å². The molecule has 0 atom stereocenters. The molecule has 2 rings (SSSR count). The molecule has 1 heterocycles. The van der Waals surface area contributed by atoms with Crippen LogP contribution in [-0.2, 0) is 11.2 Å². The fourth-order valence-electron chi connectivity index (χ4n) is 2.35. The topological polar surface area (TPSA) is 22.9 Å². The van der Waals surface area contributed by atoms with Crippen molar-refractivity contribution in [2.24, 2.45) is 0 Å². The first-order valence-corrected chi connectivity index (χ1v) is 7.02. The minimum atomic E-state index is 0.821. The molecular weight excluding hydrogens is 226 g/mol. The van der Waals surface area contributed by atoms with Crippen LogP contribution in [-0.4, -0.2) is 39.5 Å². The van der Waals surface area contributed by atoms with Gasteiger partial charge in [-0.05, 0) is 18.1 Å². The second-order valence-electron chi connectivity index (χ2n) is 4.78. The van der Waals surface area contributed by atoms with Crippen LogP contribution < -0.4 is 9.64 Å². The number of rotatable bonds is 6. The predicted molar refractivity (Wildman–Crippen MR) is 72.3 cm³/mol. The van der Waals surface area contributed by atoms with Crippen LogP contribution in [0.15, 0.2) is 24.3 Å². The van der Waals surface area contributed by atoms with Crippen molar-refractivity contribution in [1.82, 2.24) is 0 Å². The van der Waals surface area contributed by atoms with Crippen LogP contribution in [0.5, 0.6) is 5.75 Å². The van der Waals surface area contributed by atoms with Gasteiger partial charge in [0.05, 0.1) is 26.4 Å². The van der Waals surface area contributed by atoms with Gasteiger partial charge in [0.1, 0.15) is 18.8 Å². The summed E-state index contributed by atoms with van der Waals surface area (Å²) in [6.07, 6.45) is 2.15. The number of hydrogen-bond donors (Lipinski definition) is 1. The lowest BCUT2D eigenvalue weighted by Gasteiger charge is -2.23. The summed E-state index contributed by atoms with van der Waals surface area (Å²) in [7, 11) is 0. The van der Waals surface area contributed by atoms with Crippen LogP contribution in [0.4, 0.5) is 0 Å². The third-order valence-electron chi connectivity index (χ3n) is 3.49. The number of aryl methyl sites for hydroxylation is 1. The van der Waals surface area contributed by atoms with Gasteiger partial charge in [-0.25, -0.2) is 0 Å². The zero-order chi connectivity index (χ0) is 12.6. The molecule has 100 valence electrons. The highest BCUT2D eigenvalue weighted by Crippen LogP contribution is 2.18. The van der Waals surface area contributed by atoms with Crippen molar-refractivity contribution in [1.29, 1.82) is 0 Å². The summed E-state index contributed by atoms with van der Waals surface area (Å²) >= 11 is 0. The molecular formula is C15H24NO2+. The third-order valence-corrected chi connectivity index (χ3v) is 3.49. The van der Waals surface area contributed by atoms with E-state index in [9.17, 15) is 0 Å². The largest absolute Gasteiger partial charge is 0.493 e. The summed E-state index contributed by atoms with van der Waals surface area (Å²) in [5.74, 6) is 1.05. The molecule has 0 bridgehead atoms. The quantitative estimate of drug-likeness (QED) is 0.759. The first kappa shape index (κ1) is 13.4. The number of ether oxygens (including phenoxy) is 2. The molecule has 0 saturated carbocycles. The lowest BCUT2D eigenvalue weighted by atomic mass is 10.1. The molecule has 1 aliphatic rings. The van der Waals surface area contributed by atoms with Crippen LogP contribution >= 0.6 is 0 Å². The molecule has 18 heavy (non-hydrogen) atoms. The van der Waals surface area contributed by atoms with Gasteiger partial charge in [0.2, 0.25) is 0 Å². The minimum absolute atomic E-state index is 0.821. The van der Waals surface area contributed by atoms with E-state index in [1.165, 1.54) is 12.1 Å². The molecule has 0 aliphatic carbocycles. The Labute approximate surface area is 110 Å². The van der Waals surface area contributed by atoms with Gasteiger partial charge in [-0.2, -0.15) is 0 Å². The molecule has 1 aromatic rings. The van der Waals surface area contributed by atoms with E-state index in [0.29, 0.717) is 0 Å². The SMILES string of the molecule is CCc1ccccc1OCCC[NH+]1CCOCC1. The smallest absolute Gasteiger partial charge is 0.122 e. The van der Waals surface area contributed by atoms with Gasteiger partial charge in [0, 0.05) is 6.42 Å². The minimum Gasteiger partial charge on any atom is -0.493 e. The van der Waals surface area contributed by atoms with E-state index in [1.54, 1.807) is 4.90 Å². The second kappa shape index (κ2) is 7.39. The van der Waals surface area contributed by atoms with Gasteiger partial charge in [-0.15, -0.1) is 0 Å². The number of morpholine rings is 1. The van der Waals surface area contributed by atoms with Crippen LogP contribution in [0.2, 0.25) is 0 Å². The van der Waals surface area contributed by atoms with Crippen molar-refractivity contribution < 1.29 is 14.4 Å². The zero-order valence-electron chi connectivity index (χ0n) is 11.3. The van der Waals surface area contributed by atoms with Crippen LogP contribution in [0.25, 0.3) is 0 Å². The maximum absolute atomic E-state index is 5.87. The van der Waals surface area contributed by atoms with Crippen molar-refractivity contribution in [2.75, 3.05) is 39.5 Å². The van der Waals surface area contributed by atoms with Crippen molar-refractivity contribution in [3.05, 3.63) is 29.8 Å². The summed E-state index contributed by atoms with van der Waals surface area (Å²) in [4.78, 5) is 1.65. The molecule has 0 unspecified atom stereocenters. The predicted octanol–water partition coefficient (Wildman–Crippen LogP) is 0.933. The second-order valence-corrected chi connectivity index (χ2v) is 4.78. The van der Waals surface area contributed by atoms with E-state index in [-0.39, 0.29) is 0 Å². The van der Waals surface area contributed by atoms with E-state index in [2.05, 4.69) is 25.1 Å². The normalized spacial score (nSPS) is 16.7. The van der Waals surface area contributed by atoms with Crippen LogP contribution in [0.3, 0.4) is 0 Å².